The van der Waals surface area contributed by atoms with Crippen LogP contribution in [-0.4, -0.2) is 23.9 Å². The minimum atomic E-state index is -0.194. The van der Waals surface area contributed by atoms with Gasteiger partial charge in [0.05, 0.1) is 28.1 Å². The third-order valence-electron chi connectivity index (χ3n) is 11.8. The first-order valence-corrected chi connectivity index (χ1v) is 21.0. The third kappa shape index (κ3) is 6.78. The average Bonchev–Trinajstić information content (AvgIpc) is 3.91. The maximum absolute atomic E-state index is 6.70. The Balaban J connectivity index is 0.00000476. The maximum Gasteiger partial charge on any atom is 2.00 e. The van der Waals surface area contributed by atoms with Crippen LogP contribution < -0.4 is 4.74 Å². The fourth-order valence-corrected chi connectivity index (χ4v) is 9.22. The van der Waals surface area contributed by atoms with Gasteiger partial charge in [0, 0.05) is 51.0 Å². The quantitative estimate of drug-likeness (QED) is 0.143. The first kappa shape index (κ1) is 40.2. The Hall–Kier alpha value is -6.23. The van der Waals surface area contributed by atoms with Gasteiger partial charge in [-0.05, 0) is 59.7 Å². The Labute approximate surface area is 371 Å². The molecule has 10 rings (SSSR count). The molecule has 0 aliphatic carbocycles. The van der Waals surface area contributed by atoms with Crippen molar-refractivity contribution in [2.45, 2.75) is 66.7 Å². The number of aryl methyl sites for hydroxylation is 4. The molecule has 0 aliphatic rings. The molecular weight excluding hydrogens is 930 g/mol. The standard InChI is InChI=1S/C54H47N5O.Pt/c1-8-36-19-15-22-45-46-23-16-20-37(9-2)52(46)57(51(36)45)39-27-28-55-49(32-39)58-47-24-14-13-21-43(47)44-26-25-41(33-48(44)58)60-42-30-34(3)29-40(31-42)59-53(54(5,6)7)50(35(4)56-59)38-17-11-10-12-18-38;/h10-30,32H,8-9H2,1-7H3;/q-2;+2. The summed E-state index contributed by atoms with van der Waals surface area (Å²) in [4.78, 5) is 5.04. The number of hydrogen-bond donors (Lipinski definition) is 0. The van der Waals surface area contributed by atoms with Gasteiger partial charge >= 0.3 is 21.1 Å². The Morgan fingerprint density at radius 2 is 1.31 bits per heavy atom. The fraction of sp³-hybridized carbons (Fsp3) is 0.185. The summed E-state index contributed by atoms with van der Waals surface area (Å²) < 4.78 is 13.4. The molecule has 10 aromatic rings. The molecule has 4 heterocycles. The summed E-state index contributed by atoms with van der Waals surface area (Å²) in [6.45, 7) is 15.4. The van der Waals surface area contributed by atoms with Gasteiger partial charge in [-0.25, -0.2) is 4.98 Å². The number of hydrogen-bond acceptors (Lipinski definition) is 3. The van der Waals surface area contributed by atoms with Gasteiger partial charge in [0.15, 0.2) is 0 Å². The number of ether oxygens (including phenoxy) is 1. The van der Waals surface area contributed by atoms with E-state index in [0.29, 0.717) is 11.5 Å². The van der Waals surface area contributed by atoms with Crippen LogP contribution in [0.5, 0.6) is 11.5 Å². The number of fused-ring (bicyclic) bond motifs is 6. The van der Waals surface area contributed by atoms with Crippen molar-refractivity contribution in [3.63, 3.8) is 0 Å². The van der Waals surface area contributed by atoms with Crippen molar-refractivity contribution in [2.75, 3.05) is 0 Å². The van der Waals surface area contributed by atoms with Gasteiger partial charge in [-0.1, -0.05) is 132 Å². The number of nitrogens with zero attached hydrogens (tertiary/aromatic N) is 5. The van der Waals surface area contributed by atoms with Crippen molar-refractivity contribution in [1.29, 1.82) is 0 Å². The van der Waals surface area contributed by atoms with Crippen molar-refractivity contribution < 1.29 is 25.8 Å². The molecule has 0 saturated carbocycles. The smallest absolute Gasteiger partial charge is 0.509 e. The Morgan fingerprint density at radius 3 is 2.00 bits per heavy atom. The molecule has 0 bridgehead atoms. The van der Waals surface area contributed by atoms with Gasteiger partial charge in [0.1, 0.15) is 5.82 Å². The molecule has 304 valence electrons. The van der Waals surface area contributed by atoms with E-state index < -0.39 is 0 Å². The monoisotopic (exact) mass is 976 g/mol. The summed E-state index contributed by atoms with van der Waals surface area (Å²) in [5.41, 5.74) is 14.3. The molecule has 4 aromatic heterocycles. The average molecular weight is 977 g/mol. The van der Waals surface area contributed by atoms with Gasteiger partial charge < -0.3 is 13.9 Å². The number of aromatic nitrogens is 5. The van der Waals surface area contributed by atoms with E-state index in [4.69, 9.17) is 14.8 Å². The second kappa shape index (κ2) is 15.7. The van der Waals surface area contributed by atoms with Crippen molar-refractivity contribution in [3.05, 3.63) is 174 Å². The molecule has 0 saturated heterocycles. The number of rotatable bonds is 8. The SMILES string of the molecule is CCc1cccc2c3cccc(CC)c3n(-c3ccnc(-n4c5[c-]c(Oc6[c-]c(-n7nc(C)c(-c8ccccc8)c7C(C)(C)C)cc(C)c6)ccc5c5ccccc54)c3)c12.[Pt+2]. The van der Waals surface area contributed by atoms with E-state index >= 15 is 0 Å². The van der Waals surface area contributed by atoms with E-state index in [0.717, 1.165) is 79.9 Å². The Bertz CT molecular complexity index is 3210. The largest absolute Gasteiger partial charge is 2.00 e. The summed E-state index contributed by atoms with van der Waals surface area (Å²) >= 11 is 0. The van der Waals surface area contributed by atoms with Crippen LogP contribution in [0.2, 0.25) is 0 Å². The molecular formula is C54H47N5OPt. The summed E-state index contributed by atoms with van der Waals surface area (Å²) in [7, 11) is 0. The molecule has 61 heavy (non-hydrogen) atoms. The second-order valence-corrected chi connectivity index (χ2v) is 16.8. The summed E-state index contributed by atoms with van der Waals surface area (Å²) in [5.74, 6) is 2.01. The molecule has 0 fully saturated rings. The van der Waals surface area contributed by atoms with E-state index in [2.05, 4.69) is 185 Å². The van der Waals surface area contributed by atoms with Crippen LogP contribution in [0.3, 0.4) is 0 Å². The number of pyridine rings is 1. The second-order valence-electron chi connectivity index (χ2n) is 16.8. The maximum atomic E-state index is 6.70. The molecule has 0 spiro atoms. The van der Waals surface area contributed by atoms with Crippen LogP contribution >= 0.6 is 0 Å². The van der Waals surface area contributed by atoms with E-state index in [1.54, 1.807) is 0 Å². The van der Waals surface area contributed by atoms with E-state index in [-0.39, 0.29) is 26.5 Å². The fourth-order valence-electron chi connectivity index (χ4n) is 9.22. The Kier molecular flexibility index (Phi) is 10.3. The van der Waals surface area contributed by atoms with E-state index in [1.165, 1.54) is 32.9 Å². The van der Waals surface area contributed by atoms with Crippen molar-refractivity contribution in [1.82, 2.24) is 23.9 Å². The summed E-state index contributed by atoms with van der Waals surface area (Å²) in [6.07, 6.45) is 3.80. The topological polar surface area (TPSA) is 49.8 Å². The van der Waals surface area contributed by atoms with Gasteiger partial charge in [0.25, 0.3) is 0 Å². The zero-order chi connectivity index (χ0) is 41.3. The third-order valence-corrected chi connectivity index (χ3v) is 11.8. The summed E-state index contributed by atoms with van der Waals surface area (Å²) in [6, 6.07) is 52.3. The summed E-state index contributed by atoms with van der Waals surface area (Å²) in [5, 5.41) is 9.86. The van der Waals surface area contributed by atoms with Crippen molar-refractivity contribution in [2.24, 2.45) is 0 Å². The van der Waals surface area contributed by atoms with Crippen LogP contribution in [0.4, 0.5) is 0 Å². The molecule has 0 amide bonds. The van der Waals surface area contributed by atoms with Gasteiger partial charge in [-0.2, -0.15) is 16.7 Å². The molecule has 7 heteroatoms. The normalized spacial score (nSPS) is 11.9. The predicted octanol–water partition coefficient (Wildman–Crippen LogP) is 13.6. The van der Waals surface area contributed by atoms with Gasteiger partial charge in [-0.3, -0.25) is 4.68 Å². The first-order chi connectivity index (χ1) is 29.1. The molecule has 6 aromatic carbocycles. The van der Waals surface area contributed by atoms with Crippen molar-refractivity contribution in [3.8, 4) is 39.8 Å². The molecule has 6 nitrogen and oxygen atoms in total. The molecule has 0 atom stereocenters. The van der Waals surface area contributed by atoms with Crippen LogP contribution in [0.15, 0.2) is 134 Å². The van der Waals surface area contributed by atoms with Crippen molar-refractivity contribution >= 4 is 43.6 Å². The van der Waals surface area contributed by atoms with E-state index in [9.17, 15) is 0 Å². The van der Waals surface area contributed by atoms with Crippen LogP contribution in [-0.2, 0) is 39.3 Å². The molecule has 0 aliphatic heterocycles. The van der Waals surface area contributed by atoms with Crippen LogP contribution in [0, 0.1) is 26.0 Å². The van der Waals surface area contributed by atoms with Gasteiger partial charge in [-0.15, -0.1) is 35.7 Å². The van der Waals surface area contributed by atoms with E-state index in [1.807, 2.05) is 23.0 Å². The van der Waals surface area contributed by atoms with Crippen LogP contribution in [0.1, 0.15) is 62.7 Å². The van der Waals surface area contributed by atoms with Gasteiger partial charge in [0.2, 0.25) is 0 Å². The zero-order valence-corrected chi connectivity index (χ0v) is 37.8. The molecule has 0 N–H and O–H groups in total. The number of para-hydroxylation sites is 3. The Morgan fingerprint density at radius 1 is 0.639 bits per heavy atom. The minimum absolute atomic E-state index is 0. The number of benzene rings is 6. The van der Waals surface area contributed by atoms with Crippen LogP contribution in [0.25, 0.3) is 71.9 Å². The first-order valence-electron chi connectivity index (χ1n) is 21.0. The minimum Gasteiger partial charge on any atom is -0.509 e. The predicted molar refractivity (Wildman–Crippen MR) is 247 cm³/mol. The zero-order valence-electron chi connectivity index (χ0n) is 35.6. The molecule has 0 unspecified atom stereocenters. The molecule has 0 radical (unpaired) electrons.